The zero-order valence-corrected chi connectivity index (χ0v) is 8.94. The van der Waals surface area contributed by atoms with Crippen LogP contribution in [-0.4, -0.2) is 17.2 Å². The molecule has 0 aromatic heterocycles. The first-order valence-corrected chi connectivity index (χ1v) is 4.52. The molecule has 0 heterocycles. The van der Waals surface area contributed by atoms with Crippen molar-refractivity contribution in [1.29, 1.82) is 0 Å². The molecule has 0 aliphatic rings. The standard InChI is InChI=1S/C9H23N3/c1-6-7(8(2,3)10)12-9(4,5)11/h7,12H,6,10-11H2,1-5H3. The molecule has 3 nitrogen and oxygen atoms in total. The smallest absolute Gasteiger partial charge is 0.0606 e. The molecule has 0 aromatic carbocycles. The van der Waals surface area contributed by atoms with Gasteiger partial charge in [-0.1, -0.05) is 6.92 Å². The molecule has 5 N–H and O–H groups in total. The summed E-state index contributed by atoms with van der Waals surface area (Å²) in [6.07, 6.45) is 0.990. The molecule has 0 aliphatic carbocycles. The zero-order valence-electron chi connectivity index (χ0n) is 8.94. The highest BCUT2D eigenvalue weighted by atomic mass is 15.1. The highest BCUT2D eigenvalue weighted by Gasteiger charge is 2.26. The van der Waals surface area contributed by atoms with Gasteiger partial charge in [0, 0.05) is 11.6 Å². The Labute approximate surface area is 75.9 Å². The van der Waals surface area contributed by atoms with E-state index in [1.807, 2.05) is 27.7 Å². The third-order valence-electron chi connectivity index (χ3n) is 1.85. The summed E-state index contributed by atoms with van der Waals surface area (Å²) in [5.74, 6) is 0. The first kappa shape index (κ1) is 11.9. The lowest BCUT2D eigenvalue weighted by Gasteiger charge is -2.36. The molecule has 0 saturated carbocycles. The summed E-state index contributed by atoms with van der Waals surface area (Å²) < 4.78 is 0. The molecule has 0 aromatic rings. The van der Waals surface area contributed by atoms with Crippen molar-refractivity contribution in [3.05, 3.63) is 0 Å². The first-order valence-electron chi connectivity index (χ1n) is 4.52. The largest absolute Gasteiger partial charge is 0.324 e. The Bertz CT molecular complexity index is 130. The van der Waals surface area contributed by atoms with E-state index < -0.39 is 0 Å². The van der Waals surface area contributed by atoms with Crippen LogP contribution >= 0.6 is 0 Å². The van der Waals surface area contributed by atoms with E-state index in [0.29, 0.717) is 0 Å². The summed E-state index contributed by atoms with van der Waals surface area (Å²) in [6.45, 7) is 10.0. The lowest BCUT2D eigenvalue weighted by Crippen LogP contribution is -2.61. The van der Waals surface area contributed by atoms with Gasteiger partial charge in [0.1, 0.15) is 0 Å². The minimum Gasteiger partial charge on any atom is -0.324 e. The number of hydrogen-bond acceptors (Lipinski definition) is 3. The Kier molecular flexibility index (Phi) is 3.69. The maximum Gasteiger partial charge on any atom is 0.0606 e. The van der Waals surface area contributed by atoms with Crippen LogP contribution in [0.1, 0.15) is 41.0 Å². The normalized spacial score (nSPS) is 16.2. The van der Waals surface area contributed by atoms with Crippen molar-refractivity contribution >= 4 is 0 Å². The zero-order chi connectivity index (χ0) is 9.99. The van der Waals surface area contributed by atoms with Gasteiger partial charge in [-0.15, -0.1) is 0 Å². The third-order valence-corrected chi connectivity index (χ3v) is 1.85. The predicted molar refractivity (Wildman–Crippen MR) is 53.7 cm³/mol. The van der Waals surface area contributed by atoms with Crippen LogP contribution in [0.25, 0.3) is 0 Å². The molecular formula is C9H23N3. The average molecular weight is 173 g/mol. The van der Waals surface area contributed by atoms with Crippen molar-refractivity contribution in [2.45, 2.75) is 58.3 Å². The Balaban J connectivity index is 4.20. The molecule has 74 valence electrons. The lowest BCUT2D eigenvalue weighted by molar-refractivity contribution is 0.257. The van der Waals surface area contributed by atoms with E-state index in [1.165, 1.54) is 0 Å². The Morgan fingerprint density at radius 1 is 1.17 bits per heavy atom. The highest BCUT2D eigenvalue weighted by Crippen LogP contribution is 2.10. The molecule has 1 unspecified atom stereocenters. The minimum absolute atomic E-state index is 0.217. The quantitative estimate of drug-likeness (QED) is 0.551. The molecule has 0 aliphatic heterocycles. The summed E-state index contributed by atoms with van der Waals surface area (Å²) >= 11 is 0. The molecule has 0 fully saturated rings. The first-order chi connectivity index (χ1) is 5.17. The van der Waals surface area contributed by atoms with Crippen molar-refractivity contribution in [3.63, 3.8) is 0 Å². The number of rotatable bonds is 4. The Morgan fingerprint density at radius 2 is 1.58 bits per heavy atom. The van der Waals surface area contributed by atoms with Gasteiger partial charge < -0.3 is 11.5 Å². The monoisotopic (exact) mass is 173 g/mol. The van der Waals surface area contributed by atoms with Crippen LogP contribution in [0.3, 0.4) is 0 Å². The summed E-state index contributed by atoms with van der Waals surface area (Å²) in [5, 5.41) is 3.30. The summed E-state index contributed by atoms with van der Waals surface area (Å²) in [7, 11) is 0. The maximum atomic E-state index is 5.98. The molecule has 12 heavy (non-hydrogen) atoms. The van der Waals surface area contributed by atoms with Gasteiger partial charge in [0.15, 0.2) is 0 Å². The average Bonchev–Trinajstić information content (AvgIpc) is 1.78. The fourth-order valence-electron chi connectivity index (χ4n) is 1.26. The van der Waals surface area contributed by atoms with Gasteiger partial charge in [0.05, 0.1) is 5.66 Å². The SMILES string of the molecule is CCC(NC(C)(C)N)C(C)(C)N. The van der Waals surface area contributed by atoms with Gasteiger partial charge >= 0.3 is 0 Å². The maximum absolute atomic E-state index is 5.98. The van der Waals surface area contributed by atoms with Crippen molar-refractivity contribution in [2.75, 3.05) is 0 Å². The van der Waals surface area contributed by atoms with Gasteiger partial charge in [-0.25, -0.2) is 0 Å². The van der Waals surface area contributed by atoms with E-state index in [0.717, 1.165) is 6.42 Å². The van der Waals surface area contributed by atoms with Crippen LogP contribution in [0.15, 0.2) is 0 Å². The second kappa shape index (κ2) is 3.73. The van der Waals surface area contributed by atoms with Crippen LogP contribution in [0.5, 0.6) is 0 Å². The van der Waals surface area contributed by atoms with E-state index >= 15 is 0 Å². The Morgan fingerprint density at radius 3 is 1.67 bits per heavy atom. The van der Waals surface area contributed by atoms with E-state index in [9.17, 15) is 0 Å². The van der Waals surface area contributed by atoms with Crippen molar-refractivity contribution in [3.8, 4) is 0 Å². The van der Waals surface area contributed by atoms with Crippen LogP contribution in [-0.2, 0) is 0 Å². The fraction of sp³-hybridized carbons (Fsp3) is 1.00. The van der Waals surface area contributed by atoms with Gasteiger partial charge in [-0.3, -0.25) is 5.32 Å². The molecule has 0 rings (SSSR count). The predicted octanol–water partition coefficient (Wildman–Crippen LogP) is 0.787. The Hall–Kier alpha value is -0.120. The molecule has 0 bridgehead atoms. The minimum atomic E-state index is -0.350. The van der Waals surface area contributed by atoms with E-state index in [2.05, 4.69) is 12.2 Å². The van der Waals surface area contributed by atoms with Crippen LogP contribution in [0, 0.1) is 0 Å². The molecule has 0 spiro atoms. The molecule has 3 heteroatoms. The number of hydrogen-bond donors (Lipinski definition) is 3. The molecule has 0 radical (unpaired) electrons. The van der Waals surface area contributed by atoms with E-state index in [4.69, 9.17) is 11.5 Å². The van der Waals surface area contributed by atoms with Crippen molar-refractivity contribution in [2.24, 2.45) is 11.5 Å². The second-order valence-electron chi connectivity index (χ2n) is 4.65. The van der Waals surface area contributed by atoms with Gasteiger partial charge in [-0.2, -0.15) is 0 Å². The van der Waals surface area contributed by atoms with E-state index in [1.54, 1.807) is 0 Å². The lowest BCUT2D eigenvalue weighted by atomic mass is 9.92. The molecular weight excluding hydrogens is 150 g/mol. The number of nitrogens with one attached hydrogen (secondary N) is 1. The fourth-order valence-corrected chi connectivity index (χ4v) is 1.26. The van der Waals surface area contributed by atoms with Crippen molar-refractivity contribution in [1.82, 2.24) is 5.32 Å². The van der Waals surface area contributed by atoms with Crippen LogP contribution in [0.4, 0.5) is 0 Å². The van der Waals surface area contributed by atoms with Gasteiger partial charge in [0.25, 0.3) is 0 Å². The third kappa shape index (κ3) is 4.70. The molecule has 0 saturated heterocycles. The molecule has 0 amide bonds. The second-order valence-corrected chi connectivity index (χ2v) is 4.65. The summed E-state index contributed by atoms with van der Waals surface area (Å²) in [4.78, 5) is 0. The highest BCUT2D eigenvalue weighted by molar-refractivity contribution is 4.90. The summed E-state index contributed by atoms with van der Waals surface area (Å²) in [6, 6.07) is 0.262. The summed E-state index contributed by atoms with van der Waals surface area (Å²) in [5.41, 5.74) is 11.3. The van der Waals surface area contributed by atoms with Gasteiger partial charge in [-0.05, 0) is 34.1 Å². The van der Waals surface area contributed by atoms with Crippen LogP contribution < -0.4 is 16.8 Å². The van der Waals surface area contributed by atoms with Crippen molar-refractivity contribution < 1.29 is 0 Å². The topological polar surface area (TPSA) is 64.1 Å². The van der Waals surface area contributed by atoms with E-state index in [-0.39, 0.29) is 17.2 Å². The van der Waals surface area contributed by atoms with Crippen LogP contribution in [0.2, 0.25) is 0 Å². The number of nitrogens with two attached hydrogens (primary N) is 2. The van der Waals surface area contributed by atoms with Gasteiger partial charge in [0.2, 0.25) is 0 Å². The molecule has 1 atom stereocenters.